The number of hydrogen-bond donors (Lipinski definition) is 1. The molecule has 128 valence electrons. The van der Waals surface area contributed by atoms with Gasteiger partial charge in [-0.05, 0) is 31.7 Å². The molecule has 23 heavy (non-hydrogen) atoms. The van der Waals surface area contributed by atoms with Crippen LogP contribution in [0.3, 0.4) is 0 Å². The molecular weight excluding hydrogens is 312 g/mol. The summed E-state index contributed by atoms with van der Waals surface area (Å²) in [4.78, 5) is 12.1. The zero-order valence-electron chi connectivity index (χ0n) is 13.9. The number of nitrogens with one attached hydrogen (secondary N) is 1. The summed E-state index contributed by atoms with van der Waals surface area (Å²) in [7, 11) is -3.12. The molecule has 1 aromatic rings. The SMILES string of the molecule is CCCS(=O)(=O)N1CCC(NC(=O)Cc2cccc(C)c2)CC1. The van der Waals surface area contributed by atoms with Gasteiger partial charge in [0.05, 0.1) is 12.2 Å². The van der Waals surface area contributed by atoms with Crippen LogP contribution in [0, 0.1) is 6.92 Å². The molecule has 0 atom stereocenters. The maximum absolute atomic E-state index is 12.1. The fraction of sp³-hybridized carbons (Fsp3) is 0.588. The van der Waals surface area contributed by atoms with E-state index in [4.69, 9.17) is 0 Å². The smallest absolute Gasteiger partial charge is 0.224 e. The van der Waals surface area contributed by atoms with Gasteiger partial charge in [0, 0.05) is 19.1 Å². The number of sulfonamides is 1. The van der Waals surface area contributed by atoms with E-state index in [2.05, 4.69) is 5.32 Å². The van der Waals surface area contributed by atoms with Crippen LogP contribution >= 0.6 is 0 Å². The average molecular weight is 338 g/mol. The Hall–Kier alpha value is -1.40. The van der Waals surface area contributed by atoms with Gasteiger partial charge in [-0.1, -0.05) is 36.8 Å². The fourth-order valence-electron chi connectivity index (χ4n) is 2.95. The van der Waals surface area contributed by atoms with Crippen molar-refractivity contribution in [3.05, 3.63) is 35.4 Å². The molecule has 6 heteroatoms. The molecule has 1 fully saturated rings. The van der Waals surface area contributed by atoms with E-state index >= 15 is 0 Å². The number of hydrogen-bond acceptors (Lipinski definition) is 3. The lowest BCUT2D eigenvalue weighted by Gasteiger charge is -2.31. The highest BCUT2D eigenvalue weighted by molar-refractivity contribution is 7.89. The minimum Gasteiger partial charge on any atom is -0.353 e. The lowest BCUT2D eigenvalue weighted by Crippen LogP contribution is -2.47. The first kappa shape index (κ1) is 17.9. The third kappa shape index (κ3) is 5.32. The summed E-state index contributed by atoms with van der Waals surface area (Å²) in [6.07, 6.45) is 2.37. The molecule has 1 amide bonds. The topological polar surface area (TPSA) is 66.5 Å². The summed E-state index contributed by atoms with van der Waals surface area (Å²) < 4.78 is 25.6. The first-order valence-corrected chi connectivity index (χ1v) is 9.84. The van der Waals surface area contributed by atoms with E-state index in [0.29, 0.717) is 38.8 Å². The van der Waals surface area contributed by atoms with Crippen LogP contribution in [0.1, 0.15) is 37.3 Å². The molecule has 0 saturated carbocycles. The summed E-state index contributed by atoms with van der Waals surface area (Å²) in [5.74, 6) is 0.211. The number of benzene rings is 1. The van der Waals surface area contributed by atoms with Crippen LogP contribution in [0.15, 0.2) is 24.3 Å². The van der Waals surface area contributed by atoms with Crippen molar-refractivity contribution in [2.24, 2.45) is 0 Å². The Labute approximate surface area is 139 Å². The van der Waals surface area contributed by atoms with Crippen LogP contribution in [0.4, 0.5) is 0 Å². The van der Waals surface area contributed by atoms with Crippen LogP contribution in [0.25, 0.3) is 0 Å². The van der Waals surface area contributed by atoms with Crippen LogP contribution in [-0.4, -0.2) is 43.5 Å². The van der Waals surface area contributed by atoms with Crippen molar-refractivity contribution < 1.29 is 13.2 Å². The molecule has 1 aliphatic rings. The van der Waals surface area contributed by atoms with E-state index in [9.17, 15) is 13.2 Å². The predicted octanol–water partition coefficient (Wildman–Crippen LogP) is 1.86. The molecule has 2 rings (SSSR count). The molecule has 1 saturated heterocycles. The number of carbonyl (C=O) groups is 1. The predicted molar refractivity (Wildman–Crippen MR) is 91.7 cm³/mol. The molecule has 0 bridgehead atoms. The van der Waals surface area contributed by atoms with Gasteiger partial charge in [0.15, 0.2) is 0 Å². The van der Waals surface area contributed by atoms with Crippen molar-refractivity contribution in [3.63, 3.8) is 0 Å². The maximum atomic E-state index is 12.1. The van der Waals surface area contributed by atoms with Crippen molar-refractivity contribution in [1.82, 2.24) is 9.62 Å². The zero-order chi connectivity index (χ0) is 16.9. The minimum absolute atomic E-state index is 0.00506. The van der Waals surface area contributed by atoms with Gasteiger partial charge in [-0.3, -0.25) is 4.79 Å². The highest BCUT2D eigenvalue weighted by Crippen LogP contribution is 2.15. The molecular formula is C17H26N2O3S. The Balaban J connectivity index is 1.81. The highest BCUT2D eigenvalue weighted by atomic mass is 32.2. The van der Waals surface area contributed by atoms with E-state index in [0.717, 1.165) is 11.1 Å². The zero-order valence-corrected chi connectivity index (χ0v) is 14.7. The van der Waals surface area contributed by atoms with Crippen molar-refractivity contribution in [2.75, 3.05) is 18.8 Å². The third-order valence-electron chi connectivity index (χ3n) is 4.12. The Bertz CT molecular complexity index is 635. The lowest BCUT2D eigenvalue weighted by atomic mass is 10.1. The Morgan fingerprint density at radius 3 is 2.61 bits per heavy atom. The van der Waals surface area contributed by atoms with Gasteiger partial charge in [-0.2, -0.15) is 0 Å². The van der Waals surface area contributed by atoms with Crippen molar-refractivity contribution >= 4 is 15.9 Å². The normalized spacial score (nSPS) is 17.1. The quantitative estimate of drug-likeness (QED) is 0.861. The van der Waals surface area contributed by atoms with Gasteiger partial charge in [0.1, 0.15) is 0 Å². The van der Waals surface area contributed by atoms with Gasteiger partial charge in [-0.25, -0.2) is 12.7 Å². The van der Waals surface area contributed by atoms with Crippen LogP contribution in [0.2, 0.25) is 0 Å². The number of rotatable bonds is 6. The Kier molecular flexibility index (Phi) is 6.18. The second-order valence-corrected chi connectivity index (χ2v) is 8.31. The molecule has 1 N–H and O–H groups in total. The molecule has 1 aromatic carbocycles. The van der Waals surface area contributed by atoms with Crippen molar-refractivity contribution in [2.45, 2.75) is 45.6 Å². The summed E-state index contributed by atoms with van der Waals surface area (Å²) in [5, 5.41) is 3.03. The highest BCUT2D eigenvalue weighted by Gasteiger charge is 2.27. The first-order chi connectivity index (χ1) is 10.9. The first-order valence-electron chi connectivity index (χ1n) is 8.23. The van der Waals surface area contributed by atoms with Gasteiger partial charge in [0.25, 0.3) is 0 Å². The van der Waals surface area contributed by atoms with E-state index in [1.807, 2.05) is 38.1 Å². The molecule has 5 nitrogen and oxygen atoms in total. The number of piperidine rings is 1. The standard InChI is InChI=1S/C17H26N2O3S/c1-3-11-23(21,22)19-9-7-16(8-10-19)18-17(20)13-15-6-4-5-14(2)12-15/h4-6,12,16H,3,7-11,13H2,1-2H3,(H,18,20). The second kappa shape index (κ2) is 7.93. The molecule has 0 radical (unpaired) electrons. The largest absolute Gasteiger partial charge is 0.353 e. The van der Waals surface area contributed by atoms with E-state index < -0.39 is 10.0 Å². The Morgan fingerprint density at radius 2 is 2.00 bits per heavy atom. The van der Waals surface area contributed by atoms with Crippen molar-refractivity contribution in [1.29, 1.82) is 0 Å². The van der Waals surface area contributed by atoms with Gasteiger partial charge >= 0.3 is 0 Å². The fourth-order valence-corrected chi connectivity index (χ4v) is 4.49. The summed E-state index contributed by atoms with van der Waals surface area (Å²) in [6.45, 7) is 4.87. The number of nitrogens with zero attached hydrogens (tertiary/aromatic N) is 1. The molecule has 0 aromatic heterocycles. The number of amides is 1. The van der Waals surface area contributed by atoms with Crippen molar-refractivity contribution in [3.8, 4) is 0 Å². The molecule has 1 aliphatic heterocycles. The summed E-state index contributed by atoms with van der Waals surface area (Å²) in [6, 6.07) is 8.00. The van der Waals surface area contributed by atoms with Crippen LogP contribution < -0.4 is 5.32 Å². The molecule has 1 heterocycles. The molecule has 0 spiro atoms. The monoisotopic (exact) mass is 338 g/mol. The second-order valence-electron chi connectivity index (χ2n) is 6.22. The van der Waals surface area contributed by atoms with Gasteiger partial charge < -0.3 is 5.32 Å². The van der Waals surface area contributed by atoms with Gasteiger partial charge in [-0.15, -0.1) is 0 Å². The lowest BCUT2D eigenvalue weighted by molar-refractivity contribution is -0.121. The molecule has 0 unspecified atom stereocenters. The number of carbonyl (C=O) groups excluding carboxylic acids is 1. The van der Waals surface area contributed by atoms with E-state index in [1.165, 1.54) is 0 Å². The third-order valence-corrected chi connectivity index (χ3v) is 6.20. The maximum Gasteiger partial charge on any atom is 0.224 e. The summed E-state index contributed by atoms with van der Waals surface area (Å²) in [5.41, 5.74) is 2.15. The number of aryl methyl sites for hydroxylation is 1. The average Bonchev–Trinajstić information content (AvgIpc) is 2.47. The molecule has 0 aliphatic carbocycles. The van der Waals surface area contributed by atoms with E-state index in [-0.39, 0.29) is 17.7 Å². The van der Waals surface area contributed by atoms with Crippen LogP contribution in [0.5, 0.6) is 0 Å². The minimum atomic E-state index is -3.12. The van der Waals surface area contributed by atoms with E-state index in [1.54, 1.807) is 4.31 Å². The summed E-state index contributed by atoms with van der Waals surface area (Å²) >= 11 is 0. The van der Waals surface area contributed by atoms with Gasteiger partial charge in [0.2, 0.25) is 15.9 Å². The Morgan fingerprint density at radius 1 is 1.30 bits per heavy atom. The van der Waals surface area contributed by atoms with Crippen LogP contribution in [-0.2, 0) is 21.2 Å².